The molecule has 1 aromatic heterocycles. The van der Waals surface area contributed by atoms with Gasteiger partial charge in [-0.05, 0) is 18.2 Å². The summed E-state index contributed by atoms with van der Waals surface area (Å²) in [6.07, 6.45) is 4.12. The molecule has 0 fully saturated rings. The Morgan fingerprint density at radius 1 is 1.27 bits per heavy atom. The number of rotatable bonds is 5. The van der Waals surface area contributed by atoms with E-state index in [2.05, 4.69) is 15.0 Å². The summed E-state index contributed by atoms with van der Waals surface area (Å²) in [5, 5.41) is 9.15. The summed E-state index contributed by atoms with van der Waals surface area (Å²) in [4.78, 5) is 22.9. The Kier molecular flexibility index (Phi) is 4.92. The first kappa shape index (κ1) is 15.3. The van der Waals surface area contributed by atoms with E-state index in [0.717, 1.165) is 6.08 Å². The lowest BCUT2D eigenvalue weighted by molar-refractivity contribution is -0.129. The van der Waals surface area contributed by atoms with Gasteiger partial charge in [-0.1, -0.05) is 18.2 Å². The molecule has 2 rings (SSSR count). The number of aliphatic imine (C=N–C) groups is 1. The summed E-state index contributed by atoms with van der Waals surface area (Å²) < 4.78 is 13.5. The van der Waals surface area contributed by atoms with Crippen molar-refractivity contribution in [1.29, 1.82) is 0 Å². The molecule has 22 heavy (non-hydrogen) atoms. The van der Waals surface area contributed by atoms with Crippen LogP contribution < -0.4 is 5.73 Å². The van der Waals surface area contributed by atoms with Crippen molar-refractivity contribution in [3.63, 3.8) is 0 Å². The minimum atomic E-state index is -1.27. The van der Waals surface area contributed by atoms with Crippen LogP contribution in [-0.2, 0) is 11.3 Å². The summed E-state index contributed by atoms with van der Waals surface area (Å²) >= 11 is 0. The van der Waals surface area contributed by atoms with Gasteiger partial charge in [0.25, 0.3) is 0 Å². The van der Waals surface area contributed by atoms with Crippen LogP contribution in [0, 0.1) is 5.82 Å². The lowest BCUT2D eigenvalue weighted by Crippen LogP contribution is -2.14. The molecule has 1 heterocycles. The van der Waals surface area contributed by atoms with E-state index in [0.29, 0.717) is 5.56 Å². The van der Waals surface area contributed by atoms with Crippen LogP contribution in [0.4, 0.5) is 4.39 Å². The molecule has 0 atom stereocenters. The monoisotopic (exact) mass is 300 g/mol. The van der Waals surface area contributed by atoms with E-state index in [-0.39, 0.29) is 23.8 Å². The van der Waals surface area contributed by atoms with Gasteiger partial charge in [0.2, 0.25) is 0 Å². The van der Waals surface area contributed by atoms with Gasteiger partial charge in [0.15, 0.2) is 5.82 Å². The summed E-state index contributed by atoms with van der Waals surface area (Å²) in [5.74, 6) is -1.52. The van der Waals surface area contributed by atoms with Gasteiger partial charge in [-0.25, -0.2) is 19.2 Å². The molecule has 6 nitrogen and oxygen atoms in total. The number of halogens is 1. The highest BCUT2D eigenvalue weighted by molar-refractivity contribution is 6.41. The lowest BCUT2D eigenvalue weighted by Gasteiger charge is -2.02. The lowest BCUT2D eigenvalue weighted by atomic mass is 10.2. The van der Waals surface area contributed by atoms with Crippen molar-refractivity contribution in [3.05, 3.63) is 66.0 Å². The molecule has 0 aliphatic heterocycles. The molecule has 0 amide bonds. The topological polar surface area (TPSA) is 101 Å². The van der Waals surface area contributed by atoms with Gasteiger partial charge in [0.05, 0.1) is 12.2 Å². The first-order valence-corrected chi connectivity index (χ1v) is 6.33. The molecule has 0 saturated heterocycles. The zero-order valence-corrected chi connectivity index (χ0v) is 11.5. The number of carboxylic acid groups (broad SMARTS) is 1. The van der Waals surface area contributed by atoms with Crippen molar-refractivity contribution < 1.29 is 14.3 Å². The van der Waals surface area contributed by atoms with Gasteiger partial charge in [0, 0.05) is 18.0 Å². The zero-order valence-electron chi connectivity index (χ0n) is 11.5. The predicted molar refractivity (Wildman–Crippen MR) is 79.4 cm³/mol. The van der Waals surface area contributed by atoms with Crippen LogP contribution in [-0.4, -0.2) is 26.8 Å². The minimum absolute atomic E-state index is 0.0651. The third-order valence-corrected chi connectivity index (χ3v) is 2.71. The highest BCUT2D eigenvalue weighted by Gasteiger charge is 2.10. The zero-order chi connectivity index (χ0) is 15.9. The molecule has 3 N–H and O–H groups in total. The Hall–Kier alpha value is -3.09. The first-order valence-electron chi connectivity index (χ1n) is 6.33. The van der Waals surface area contributed by atoms with Gasteiger partial charge < -0.3 is 10.8 Å². The summed E-state index contributed by atoms with van der Waals surface area (Å²) in [6, 6.07) is 7.63. The van der Waals surface area contributed by atoms with E-state index in [1.807, 2.05) is 0 Å². The number of nitrogens with two attached hydrogens (primary N) is 1. The Balaban J connectivity index is 2.25. The fourth-order valence-corrected chi connectivity index (χ4v) is 1.63. The molecule has 0 aliphatic rings. The maximum Gasteiger partial charge on any atom is 0.354 e. The van der Waals surface area contributed by atoms with Gasteiger partial charge in [-0.3, -0.25) is 4.99 Å². The van der Waals surface area contributed by atoms with Crippen molar-refractivity contribution in [1.82, 2.24) is 9.97 Å². The molecule has 1 aromatic carbocycles. The average Bonchev–Trinajstić information content (AvgIpc) is 2.53. The fraction of sp³-hybridized carbons (Fsp3) is 0.0667. The van der Waals surface area contributed by atoms with Crippen molar-refractivity contribution in [2.45, 2.75) is 6.54 Å². The van der Waals surface area contributed by atoms with Gasteiger partial charge in [-0.15, -0.1) is 0 Å². The van der Waals surface area contributed by atoms with Crippen molar-refractivity contribution in [2.24, 2.45) is 10.7 Å². The van der Waals surface area contributed by atoms with Crippen LogP contribution in [0.1, 0.15) is 11.4 Å². The van der Waals surface area contributed by atoms with Crippen LogP contribution in [0.25, 0.3) is 5.70 Å². The maximum atomic E-state index is 13.5. The Bertz CT molecular complexity index is 729. The molecule has 0 saturated carbocycles. The molecule has 0 spiro atoms. The smallest absolute Gasteiger partial charge is 0.354 e. The van der Waals surface area contributed by atoms with E-state index in [1.54, 1.807) is 18.2 Å². The van der Waals surface area contributed by atoms with Crippen LogP contribution >= 0.6 is 0 Å². The van der Waals surface area contributed by atoms with Crippen molar-refractivity contribution in [2.75, 3.05) is 0 Å². The summed E-state index contributed by atoms with van der Waals surface area (Å²) in [5.41, 5.74) is 5.81. The molecule has 0 unspecified atom stereocenters. The maximum absolute atomic E-state index is 13.5. The van der Waals surface area contributed by atoms with Gasteiger partial charge in [0.1, 0.15) is 11.5 Å². The van der Waals surface area contributed by atoms with Crippen LogP contribution in [0.5, 0.6) is 0 Å². The van der Waals surface area contributed by atoms with Crippen LogP contribution in [0.2, 0.25) is 0 Å². The van der Waals surface area contributed by atoms with E-state index in [1.165, 1.54) is 24.5 Å². The van der Waals surface area contributed by atoms with E-state index in [9.17, 15) is 9.18 Å². The molecule has 0 bridgehead atoms. The number of hydrogen-bond acceptors (Lipinski definition) is 5. The molecule has 7 heteroatoms. The van der Waals surface area contributed by atoms with E-state index >= 15 is 0 Å². The Labute approximate surface area is 125 Å². The van der Waals surface area contributed by atoms with E-state index in [4.69, 9.17) is 10.8 Å². The average molecular weight is 300 g/mol. The number of carbonyl (C=O) groups is 1. The second-order valence-electron chi connectivity index (χ2n) is 4.27. The van der Waals surface area contributed by atoms with Crippen LogP contribution in [0.15, 0.2) is 53.8 Å². The molecule has 2 aromatic rings. The molecule has 0 aliphatic carbocycles. The Morgan fingerprint density at radius 3 is 2.59 bits per heavy atom. The third-order valence-electron chi connectivity index (χ3n) is 2.71. The second-order valence-corrected chi connectivity index (χ2v) is 4.27. The quantitative estimate of drug-likeness (QED) is 0.817. The number of aromatic nitrogens is 2. The molecule has 112 valence electrons. The number of carboxylic acids is 1. The number of aliphatic carboxylic acids is 1. The number of nitrogens with zero attached hydrogens (tertiary/aromatic N) is 3. The molecular weight excluding hydrogens is 287 g/mol. The minimum Gasteiger partial charge on any atom is -0.477 e. The van der Waals surface area contributed by atoms with Crippen LogP contribution in [0.3, 0.4) is 0 Å². The summed E-state index contributed by atoms with van der Waals surface area (Å²) in [6.45, 7) is -0.103. The normalized spacial score (nSPS) is 12.2. The van der Waals surface area contributed by atoms with Gasteiger partial charge >= 0.3 is 5.97 Å². The van der Waals surface area contributed by atoms with Gasteiger partial charge in [-0.2, -0.15) is 0 Å². The standard InChI is InChI=1S/C15H13FN4O2/c16-11-5-2-1-4-10(11)9-20-13(15(21)22)8-12(17)14-18-6-3-7-19-14/h1-8H,9,17H2,(H,21,22). The first-order chi connectivity index (χ1) is 10.6. The number of hydrogen-bond donors (Lipinski definition) is 2. The SMILES string of the molecule is NC(=CC(=NCc1ccccc1F)C(=O)O)c1ncccn1. The fourth-order valence-electron chi connectivity index (χ4n) is 1.63. The Morgan fingerprint density at radius 2 is 1.95 bits per heavy atom. The molecule has 0 radical (unpaired) electrons. The van der Waals surface area contributed by atoms with Crippen molar-refractivity contribution in [3.8, 4) is 0 Å². The summed E-state index contributed by atoms with van der Waals surface area (Å²) in [7, 11) is 0. The predicted octanol–water partition coefficient (Wildman–Crippen LogP) is 1.64. The highest BCUT2D eigenvalue weighted by atomic mass is 19.1. The highest BCUT2D eigenvalue weighted by Crippen LogP contribution is 2.08. The van der Waals surface area contributed by atoms with E-state index < -0.39 is 11.8 Å². The second kappa shape index (κ2) is 7.07. The molecular formula is C15H13FN4O2. The third kappa shape index (κ3) is 3.95. The largest absolute Gasteiger partial charge is 0.477 e. The number of benzene rings is 1. The van der Waals surface area contributed by atoms with Crippen molar-refractivity contribution >= 4 is 17.4 Å².